The molecule has 8 nitrogen and oxygen atoms in total. The Morgan fingerprint density at radius 2 is 1.33 bits per heavy atom. The molecular weight excluding hydrogens is 228 g/mol. The first-order valence-corrected chi connectivity index (χ1v) is 5.45. The number of amides is 2. The van der Waals surface area contributed by atoms with Gasteiger partial charge >= 0.3 is 10.2 Å². The Labute approximate surface area is 85.5 Å². The average molecular weight is 236 g/mol. The molecule has 2 saturated heterocycles. The second-order valence-corrected chi connectivity index (χ2v) is 4.72. The Balaban J connectivity index is 2.26. The molecule has 2 aliphatic rings. The number of carbonyl (C=O) groups excluding carboxylic acids is 2. The third kappa shape index (κ3) is 1.58. The number of hydrogen-bond acceptors (Lipinski definition) is 6. The topological polar surface area (TPSA) is 93.2 Å². The lowest BCUT2D eigenvalue weighted by atomic mass is 10.7. The van der Waals surface area contributed by atoms with Crippen LogP contribution in [0.1, 0.15) is 0 Å². The Bertz CT molecular complexity index is 372. The Morgan fingerprint density at radius 1 is 0.933 bits per heavy atom. The molecule has 0 spiro atoms. The van der Waals surface area contributed by atoms with Crippen molar-refractivity contribution in [3.8, 4) is 0 Å². The highest BCUT2D eigenvalue weighted by molar-refractivity contribution is 7.87. The molecule has 0 aromatic rings. The van der Waals surface area contributed by atoms with Crippen LogP contribution in [0.3, 0.4) is 0 Å². The maximum Gasteiger partial charge on any atom is 0.334 e. The van der Waals surface area contributed by atoms with E-state index in [2.05, 4.69) is 9.47 Å². The Morgan fingerprint density at radius 3 is 1.60 bits per heavy atom. The van der Waals surface area contributed by atoms with Gasteiger partial charge in [-0.25, -0.2) is 0 Å². The van der Waals surface area contributed by atoms with Crippen molar-refractivity contribution in [3.63, 3.8) is 0 Å². The van der Waals surface area contributed by atoms with Crippen molar-refractivity contribution in [2.45, 2.75) is 0 Å². The molecule has 15 heavy (non-hydrogen) atoms. The van der Waals surface area contributed by atoms with Gasteiger partial charge in [0, 0.05) is 0 Å². The minimum absolute atomic E-state index is 0.290. The molecule has 2 fully saturated rings. The highest BCUT2D eigenvalue weighted by Crippen LogP contribution is 2.16. The highest BCUT2D eigenvalue weighted by Gasteiger charge is 2.41. The maximum atomic E-state index is 11.7. The quantitative estimate of drug-likeness (QED) is 0.543. The molecular formula is C6H8N2O6S. The van der Waals surface area contributed by atoms with Gasteiger partial charge in [-0.3, -0.25) is 9.59 Å². The van der Waals surface area contributed by atoms with Gasteiger partial charge in [-0.1, -0.05) is 0 Å². The second-order valence-electron chi connectivity index (χ2n) is 2.95. The number of ether oxygens (including phenoxy) is 2. The lowest BCUT2D eigenvalue weighted by molar-refractivity contribution is -0.124. The summed E-state index contributed by atoms with van der Waals surface area (Å²) in [6.45, 7) is -1.29. The fourth-order valence-electron chi connectivity index (χ4n) is 1.23. The second kappa shape index (κ2) is 3.43. The largest absolute Gasteiger partial charge is 0.350 e. The van der Waals surface area contributed by atoms with E-state index in [0.29, 0.717) is 8.61 Å². The van der Waals surface area contributed by atoms with Crippen molar-refractivity contribution >= 4 is 22.0 Å². The van der Waals surface area contributed by atoms with Crippen LogP contribution in [0, 0.1) is 0 Å². The van der Waals surface area contributed by atoms with E-state index >= 15 is 0 Å². The molecule has 0 N–H and O–H groups in total. The summed E-state index contributed by atoms with van der Waals surface area (Å²) < 4.78 is 33.8. The molecule has 0 aromatic heterocycles. The SMILES string of the molecule is O=C1COCN1S(=O)(=O)N1COCC1=O. The molecule has 0 unspecified atom stereocenters. The van der Waals surface area contributed by atoms with Crippen molar-refractivity contribution in [1.82, 2.24) is 8.61 Å². The fourth-order valence-corrected chi connectivity index (χ4v) is 2.50. The summed E-state index contributed by atoms with van der Waals surface area (Å²) in [4.78, 5) is 22.3. The van der Waals surface area contributed by atoms with Crippen LogP contribution in [0.5, 0.6) is 0 Å². The van der Waals surface area contributed by atoms with E-state index in [1.807, 2.05) is 0 Å². The molecule has 2 aliphatic heterocycles. The molecule has 0 atom stereocenters. The van der Waals surface area contributed by atoms with E-state index in [9.17, 15) is 18.0 Å². The van der Waals surface area contributed by atoms with Crippen molar-refractivity contribution in [3.05, 3.63) is 0 Å². The van der Waals surface area contributed by atoms with Gasteiger partial charge in [-0.05, 0) is 0 Å². The normalized spacial score (nSPS) is 22.9. The zero-order valence-corrected chi connectivity index (χ0v) is 8.40. The first-order valence-electron chi connectivity index (χ1n) is 4.05. The van der Waals surface area contributed by atoms with Gasteiger partial charge in [-0.2, -0.15) is 17.0 Å². The van der Waals surface area contributed by atoms with Gasteiger partial charge in [0.05, 0.1) is 0 Å². The van der Waals surface area contributed by atoms with E-state index < -0.39 is 22.0 Å². The molecule has 0 saturated carbocycles. The maximum absolute atomic E-state index is 11.7. The average Bonchev–Trinajstić information content (AvgIpc) is 2.73. The molecule has 2 amide bonds. The smallest absolute Gasteiger partial charge is 0.334 e. The minimum Gasteiger partial charge on any atom is -0.350 e. The molecule has 0 aliphatic carbocycles. The van der Waals surface area contributed by atoms with E-state index in [0.717, 1.165) is 0 Å². The molecule has 2 heterocycles. The van der Waals surface area contributed by atoms with Crippen LogP contribution in [0.25, 0.3) is 0 Å². The first kappa shape index (κ1) is 10.3. The summed E-state index contributed by atoms with van der Waals surface area (Å²) in [5, 5.41) is 0. The lowest BCUT2D eigenvalue weighted by Gasteiger charge is -2.20. The van der Waals surface area contributed by atoms with E-state index in [4.69, 9.17) is 0 Å². The van der Waals surface area contributed by atoms with Crippen molar-refractivity contribution in [2.24, 2.45) is 0 Å². The van der Waals surface area contributed by atoms with Crippen LogP contribution < -0.4 is 0 Å². The van der Waals surface area contributed by atoms with E-state index in [-0.39, 0.29) is 26.7 Å². The minimum atomic E-state index is -4.12. The van der Waals surface area contributed by atoms with Crippen LogP contribution >= 0.6 is 0 Å². The number of carbonyl (C=O) groups is 2. The van der Waals surface area contributed by atoms with Gasteiger partial charge in [0.15, 0.2) is 0 Å². The Hall–Kier alpha value is -1.19. The first-order chi connectivity index (χ1) is 7.03. The molecule has 0 radical (unpaired) electrons. The van der Waals surface area contributed by atoms with Crippen molar-refractivity contribution < 1.29 is 27.5 Å². The van der Waals surface area contributed by atoms with Crippen LogP contribution in [0.15, 0.2) is 0 Å². The molecule has 84 valence electrons. The number of nitrogens with zero attached hydrogens (tertiary/aromatic N) is 2. The summed E-state index contributed by atoms with van der Waals surface area (Å²) in [6, 6.07) is 0. The molecule has 0 aromatic carbocycles. The summed E-state index contributed by atoms with van der Waals surface area (Å²) in [6.07, 6.45) is 0. The highest BCUT2D eigenvalue weighted by atomic mass is 32.2. The van der Waals surface area contributed by atoms with Gasteiger partial charge in [0.2, 0.25) is 0 Å². The van der Waals surface area contributed by atoms with Gasteiger partial charge < -0.3 is 9.47 Å². The summed E-state index contributed by atoms with van der Waals surface area (Å²) in [5.41, 5.74) is 0. The van der Waals surface area contributed by atoms with Crippen molar-refractivity contribution in [1.29, 1.82) is 0 Å². The predicted molar refractivity (Wildman–Crippen MR) is 44.2 cm³/mol. The van der Waals surface area contributed by atoms with Gasteiger partial charge in [-0.15, -0.1) is 0 Å². The standard InChI is InChI=1S/C6H8N2O6S/c9-5-1-13-3-7(5)15(11,12)8-4-14-2-6(8)10/h1-4H2. The fraction of sp³-hybridized carbons (Fsp3) is 0.667. The predicted octanol–water partition coefficient (Wildman–Crippen LogP) is -2.14. The molecule has 0 bridgehead atoms. The van der Waals surface area contributed by atoms with Crippen LogP contribution in [-0.2, 0) is 29.3 Å². The third-order valence-corrected chi connectivity index (χ3v) is 3.71. The van der Waals surface area contributed by atoms with Gasteiger partial charge in [0.1, 0.15) is 26.7 Å². The lowest BCUT2D eigenvalue weighted by Crippen LogP contribution is -2.45. The van der Waals surface area contributed by atoms with Crippen LogP contribution in [0.2, 0.25) is 0 Å². The van der Waals surface area contributed by atoms with E-state index in [1.54, 1.807) is 0 Å². The number of hydrogen-bond donors (Lipinski definition) is 0. The van der Waals surface area contributed by atoms with Crippen LogP contribution in [0.4, 0.5) is 0 Å². The zero-order valence-electron chi connectivity index (χ0n) is 7.58. The Kier molecular flexibility index (Phi) is 2.37. The van der Waals surface area contributed by atoms with Crippen LogP contribution in [-0.4, -0.2) is 55.5 Å². The van der Waals surface area contributed by atoms with Gasteiger partial charge in [0.25, 0.3) is 11.8 Å². The summed E-state index contributed by atoms with van der Waals surface area (Å²) in [5.74, 6) is -1.37. The van der Waals surface area contributed by atoms with E-state index in [1.165, 1.54) is 0 Å². The zero-order chi connectivity index (χ0) is 11.1. The monoisotopic (exact) mass is 236 g/mol. The number of rotatable bonds is 2. The third-order valence-electron chi connectivity index (χ3n) is 1.98. The van der Waals surface area contributed by atoms with Crippen molar-refractivity contribution in [2.75, 3.05) is 26.7 Å². The molecule has 2 rings (SSSR count). The summed E-state index contributed by atoms with van der Waals surface area (Å²) in [7, 11) is -4.12. The summed E-state index contributed by atoms with van der Waals surface area (Å²) >= 11 is 0. The molecule has 9 heteroatoms.